The van der Waals surface area contributed by atoms with Gasteiger partial charge in [-0.25, -0.2) is 0 Å². The van der Waals surface area contributed by atoms with Gasteiger partial charge in [0.2, 0.25) is 0 Å². The van der Waals surface area contributed by atoms with Gasteiger partial charge < -0.3 is 10.4 Å². The van der Waals surface area contributed by atoms with E-state index in [1.54, 1.807) is 0 Å². The molecular weight excluding hydrogens is 174 g/mol. The van der Waals surface area contributed by atoms with Crippen molar-refractivity contribution in [3.8, 4) is 0 Å². The van der Waals surface area contributed by atoms with Crippen molar-refractivity contribution in [2.45, 2.75) is 58.4 Å². The summed E-state index contributed by atoms with van der Waals surface area (Å²) in [5.41, 5.74) is 0.602. The lowest BCUT2D eigenvalue weighted by atomic mass is 10.0. The number of rotatable bonds is 8. The van der Waals surface area contributed by atoms with Crippen molar-refractivity contribution in [1.82, 2.24) is 5.32 Å². The van der Waals surface area contributed by atoms with Gasteiger partial charge in [0, 0.05) is 12.6 Å². The Bertz CT molecular complexity index is 154. The molecule has 0 aliphatic heterocycles. The molecule has 0 aromatic carbocycles. The fourth-order valence-corrected chi connectivity index (χ4v) is 1.79. The second-order valence-electron chi connectivity index (χ2n) is 4.97. The molecule has 1 atom stereocenters. The molecule has 2 N–H and O–H groups in total. The van der Waals surface area contributed by atoms with Gasteiger partial charge in [-0.05, 0) is 44.6 Å². The average molecular weight is 199 g/mol. The van der Waals surface area contributed by atoms with Gasteiger partial charge >= 0.3 is 0 Å². The standard InChI is InChI=1S/C12H25NO/c1-11(12(2)7-8-12)13-9-5-3-4-6-10-14/h11,13-14H,3-10H2,1-2H3. The maximum absolute atomic E-state index is 8.61. The molecule has 1 aliphatic carbocycles. The first-order valence-corrected chi connectivity index (χ1v) is 6.03. The van der Waals surface area contributed by atoms with Crippen LogP contribution < -0.4 is 5.32 Å². The molecule has 1 unspecified atom stereocenters. The predicted octanol–water partition coefficient (Wildman–Crippen LogP) is 2.32. The van der Waals surface area contributed by atoms with Crippen LogP contribution in [-0.4, -0.2) is 24.3 Å². The summed E-state index contributed by atoms with van der Waals surface area (Å²) < 4.78 is 0. The Balaban J connectivity index is 1.88. The topological polar surface area (TPSA) is 32.3 Å². The third kappa shape index (κ3) is 3.97. The molecule has 0 aromatic heterocycles. The van der Waals surface area contributed by atoms with Crippen LogP contribution in [0.25, 0.3) is 0 Å². The molecule has 1 fully saturated rings. The largest absolute Gasteiger partial charge is 0.396 e. The van der Waals surface area contributed by atoms with Crippen molar-refractivity contribution in [2.24, 2.45) is 5.41 Å². The van der Waals surface area contributed by atoms with Crippen LogP contribution in [0, 0.1) is 5.41 Å². The average Bonchev–Trinajstić information content (AvgIpc) is 2.91. The molecule has 0 saturated heterocycles. The first-order chi connectivity index (χ1) is 6.69. The molecule has 1 aliphatic rings. The van der Waals surface area contributed by atoms with Crippen LogP contribution in [-0.2, 0) is 0 Å². The Morgan fingerprint density at radius 1 is 1.21 bits per heavy atom. The van der Waals surface area contributed by atoms with Gasteiger partial charge in [0.05, 0.1) is 0 Å². The van der Waals surface area contributed by atoms with Crippen LogP contribution in [0.3, 0.4) is 0 Å². The molecule has 0 aromatic rings. The van der Waals surface area contributed by atoms with Crippen molar-refractivity contribution in [3.05, 3.63) is 0 Å². The number of unbranched alkanes of at least 4 members (excludes halogenated alkanes) is 3. The minimum atomic E-state index is 0.349. The number of aliphatic hydroxyl groups is 1. The second kappa shape index (κ2) is 5.72. The number of aliphatic hydroxyl groups excluding tert-OH is 1. The zero-order valence-corrected chi connectivity index (χ0v) is 9.68. The summed E-state index contributed by atoms with van der Waals surface area (Å²) in [6.45, 7) is 6.17. The van der Waals surface area contributed by atoms with E-state index in [2.05, 4.69) is 19.2 Å². The Morgan fingerprint density at radius 2 is 1.86 bits per heavy atom. The Hall–Kier alpha value is -0.0800. The van der Waals surface area contributed by atoms with Crippen LogP contribution in [0.2, 0.25) is 0 Å². The molecule has 0 heterocycles. The maximum atomic E-state index is 8.61. The molecule has 1 saturated carbocycles. The normalized spacial score (nSPS) is 20.8. The molecule has 14 heavy (non-hydrogen) atoms. The van der Waals surface area contributed by atoms with E-state index in [0.29, 0.717) is 18.1 Å². The number of hydrogen-bond donors (Lipinski definition) is 2. The van der Waals surface area contributed by atoms with E-state index < -0.39 is 0 Å². The third-order valence-electron chi connectivity index (χ3n) is 3.62. The van der Waals surface area contributed by atoms with E-state index in [4.69, 9.17) is 5.11 Å². The molecular formula is C12H25NO. The zero-order chi connectivity index (χ0) is 10.4. The number of nitrogens with one attached hydrogen (secondary N) is 1. The highest BCUT2D eigenvalue weighted by molar-refractivity contribution is 4.96. The van der Waals surface area contributed by atoms with Gasteiger partial charge in [-0.3, -0.25) is 0 Å². The lowest BCUT2D eigenvalue weighted by Crippen LogP contribution is -2.33. The lowest BCUT2D eigenvalue weighted by molar-refractivity contribution is 0.282. The molecule has 0 spiro atoms. The molecule has 0 bridgehead atoms. The van der Waals surface area contributed by atoms with Crippen LogP contribution in [0.1, 0.15) is 52.4 Å². The summed E-state index contributed by atoms with van der Waals surface area (Å²) in [6, 6.07) is 0.681. The molecule has 1 rings (SSSR count). The van der Waals surface area contributed by atoms with E-state index in [9.17, 15) is 0 Å². The summed E-state index contributed by atoms with van der Waals surface area (Å²) in [7, 11) is 0. The van der Waals surface area contributed by atoms with Crippen LogP contribution >= 0.6 is 0 Å². The Kier molecular flexibility index (Phi) is 4.90. The highest BCUT2D eigenvalue weighted by atomic mass is 16.2. The van der Waals surface area contributed by atoms with Crippen LogP contribution in [0.4, 0.5) is 0 Å². The minimum absolute atomic E-state index is 0.349. The first-order valence-electron chi connectivity index (χ1n) is 6.03. The van der Waals surface area contributed by atoms with E-state index in [0.717, 1.165) is 13.0 Å². The number of hydrogen-bond acceptors (Lipinski definition) is 2. The second-order valence-corrected chi connectivity index (χ2v) is 4.97. The highest BCUT2D eigenvalue weighted by Gasteiger charge is 2.41. The maximum Gasteiger partial charge on any atom is 0.0431 e. The van der Waals surface area contributed by atoms with Gasteiger partial charge in [-0.15, -0.1) is 0 Å². The van der Waals surface area contributed by atoms with Crippen LogP contribution in [0.5, 0.6) is 0 Å². The lowest BCUT2D eigenvalue weighted by Gasteiger charge is -2.20. The van der Waals surface area contributed by atoms with Gasteiger partial charge in [0.1, 0.15) is 0 Å². The van der Waals surface area contributed by atoms with Crippen molar-refractivity contribution in [2.75, 3.05) is 13.2 Å². The van der Waals surface area contributed by atoms with Gasteiger partial charge in [-0.1, -0.05) is 19.8 Å². The Morgan fingerprint density at radius 3 is 2.43 bits per heavy atom. The van der Waals surface area contributed by atoms with Crippen molar-refractivity contribution in [3.63, 3.8) is 0 Å². The van der Waals surface area contributed by atoms with E-state index in [1.807, 2.05) is 0 Å². The highest BCUT2D eigenvalue weighted by Crippen LogP contribution is 2.47. The zero-order valence-electron chi connectivity index (χ0n) is 9.68. The van der Waals surface area contributed by atoms with Crippen molar-refractivity contribution < 1.29 is 5.11 Å². The summed E-state index contributed by atoms with van der Waals surface area (Å²) in [6.07, 6.45) is 7.42. The smallest absolute Gasteiger partial charge is 0.0431 e. The third-order valence-corrected chi connectivity index (χ3v) is 3.62. The van der Waals surface area contributed by atoms with Crippen LogP contribution in [0.15, 0.2) is 0 Å². The first kappa shape index (κ1) is 12.0. The van der Waals surface area contributed by atoms with Gasteiger partial charge in [-0.2, -0.15) is 0 Å². The van der Waals surface area contributed by atoms with Gasteiger partial charge in [0.15, 0.2) is 0 Å². The summed E-state index contributed by atoms with van der Waals surface area (Å²) in [5.74, 6) is 0. The van der Waals surface area contributed by atoms with E-state index in [-0.39, 0.29) is 0 Å². The Labute approximate surface area is 88.1 Å². The quantitative estimate of drug-likeness (QED) is 0.588. The molecule has 2 heteroatoms. The molecule has 0 amide bonds. The minimum Gasteiger partial charge on any atom is -0.396 e. The van der Waals surface area contributed by atoms with Gasteiger partial charge in [0.25, 0.3) is 0 Å². The summed E-state index contributed by atoms with van der Waals surface area (Å²) in [5, 5.41) is 12.2. The van der Waals surface area contributed by atoms with Crippen molar-refractivity contribution >= 4 is 0 Å². The molecule has 0 radical (unpaired) electrons. The van der Waals surface area contributed by atoms with Crippen molar-refractivity contribution in [1.29, 1.82) is 0 Å². The summed E-state index contributed by atoms with van der Waals surface area (Å²) in [4.78, 5) is 0. The van der Waals surface area contributed by atoms with E-state index >= 15 is 0 Å². The monoisotopic (exact) mass is 199 g/mol. The predicted molar refractivity (Wildman–Crippen MR) is 60.4 cm³/mol. The molecule has 84 valence electrons. The fourth-order valence-electron chi connectivity index (χ4n) is 1.79. The summed E-state index contributed by atoms with van der Waals surface area (Å²) >= 11 is 0. The fraction of sp³-hybridized carbons (Fsp3) is 1.00. The van der Waals surface area contributed by atoms with E-state index in [1.165, 1.54) is 32.1 Å². The SMILES string of the molecule is CC(NCCCCCCO)C1(C)CC1. The molecule has 2 nitrogen and oxygen atoms in total.